The molecule has 0 aliphatic carbocycles. The van der Waals surface area contributed by atoms with E-state index in [0.717, 1.165) is 6.42 Å². The first-order valence-electron chi connectivity index (χ1n) is 7.58. The first kappa shape index (κ1) is 14.8. The standard InChI is InChI=1S/C19H25N/c1-3-4-15-19(16(2)20,17-11-7-5-8-12-17)18-13-9-6-10-14-18/h5-14,16H,3-4,15,20H2,1-2H3/t16-/m0/s1. The van der Waals surface area contributed by atoms with Crippen LogP contribution in [0.2, 0.25) is 0 Å². The lowest BCUT2D eigenvalue weighted by molar-refractivity contribution is 0.386. The van der Waals surface area contributed by atoms with Gasteiger partial charge in [-0.25, -0.2) is 0 Å². The van der Waals surface area contributed by atoms with Crippen molar-refractivity contribution in [2.24, 2.45) is 5.73 Å². The molecule has 1 atom stereocenters. The lowest BCUT2D eigenvalue weighted by Gasteiger charge is -2.39. The van der Waals surface area contributed by atoms with Gasteiger partial charge in [0.05, 0.1) is 0 Å². The summed E-state index contributed by atoms with van der Waals surface area (Å²) >= 11 is 0. The van der Waals surface area contributed by atoms with Crippen molar-refractivity contribution in [1.82, 2.24) is 0 Å². The van der Waals surface area contributed by atoms with E-state index in [1.807, 2.05) is 0 Å². The van der Waals surface area contributed by atoms with E-state index in [1.165, 1.54) is 24.0 Å². The third-order valence-electron chi connectivity index (χ3n) is 4.28. The molecule has 1 nitrogen and oxygen atoms in total. The number of nitrogens with two attached hydrogens (primary N) is 1. The molecule has 0 bridgehead atoms. The van der Waals surface area contributed by atoms with Crippen LogP contribution in [-0.2, 0) is 5.41 Å². The van der Waals surface area contributed by atoms with Gasteiger partial charge in [-0.15, -0.1) is 0 Å². The second kappa shape index (κ2) is 6.71. The summed E-state index contributed by atoms with van der Waals surface area (Å²) in [6.45, 7) is 4.37. The minimum atomic E-state index is -0.0848. The zero-order valence-corrected chi connectivity index (χ0v) is 12.5. The van der Waals surface area contributed by atoms with Crippen LogP contribution in [0, 0.1) is 0 Å². The number of hydrogen-bond donors (Lipinski definition) is 1. The predicted octanol–water partition coefficient (Wildman–Crippen LogP) is 4.51. The van der Waals surface area contributed by atoms with Crippen molar-refractivity contribution in [3.8, 4) is 0 Å². The van der Waals surface area contributed by atoms with Crippen LogP contribution in [-0.4, -0.2) is 6.04 Å². The van der Waals surface area contributed by atoms with Crippen molar-refractivity contribution >= 4 is 0 Å². The molecule has 0 aliphatic rings. The van der Waals surface area contributed by atoms with Crippen molar-refractivity contribution in [1.29, 1.82) is 0 Å². The summed E-state index contributed by atoms with van der Waals surface area (Å²) in [5, 5.41) is 0. The fourth-order valence-electron chi connectivity index (χ4n) is 3.14. The quantitative estimate of drug-likeness (QED) is 0.818. The molecule has 1 heteroatoms. The van der Waals surface area contributed by atoms with Crippen LogP contribution < -0.4 is 5.73 Å². The largest absolute Gasteiger partial charge is 0.327 e. The number of benzene rings is 2. The number of hydrogen-bond acceptors (Lipinski definition) is 1. The maximum absolute atomic E-state index is 6.48. The van der Waals surface area contributed by atoms with E-state index in [1.54, 1.807) is 0 Å². The third kappa shape index (κ3) is 2.78. The second-order valence-electron chi connectivity index (χ2n) is 5.60. The summed E-state index contributed by atoms with van der Waals surface area (Å²) in [6.07, 6.45) is 3.47. The molecule has 0 saturated heterocycles. The molecule has 106 valence electrons. The molecule has 20 heavy (non-hydrogen) atoms. The molecular weight excluding hydrogens is 242 g/mol. The topological polar surface area (TPSA) is 26.0 Å². The Bertz CT molecular complexity index is 462. The van der Waals surface area contributed by atoms with Crippen LogP contribution in [0.4, 0.5) is 0 Å². The Kier molecular flexibility index (Phi) is 4.97. The zero-order valence-electron chi connectivity index (χ0n) is 12.5. The minimum Gasteiger partial charge on any atom is -0.327 e. The molecule has 2 rings (SSSR count). The van der Waals surface area contributed by atoms with Gasteiger partial charge >= 0.3 is 0 Å². The van der Waals surface area contributed by atoms with Gasteiger partial charge in [0.15, 0.2) is 0 Å². The van der Waals surface area contributed by atoms with Crippen molar-refractivity contribution in [3.05, 3.63) is 71.8 Å². The van der Waals surface area contributed by atoms with Crippen LogP contribution in [0.25, 0.3) is 0 Å². The summed E-state index contributed by atoms with van der Waals surface area (Å²) < 4.78 is 0. The molecule has 0 aromatic heterocycles. The van der Waals surface area contributed by atoms with Gasteiger partial charge < -0.3 is 5.73 Å². The highest BCUT2D eigenvalue weighted by atomic mass is 14.7. The van der Waals surface area contributed by atoms with Crippen molar-refractivity contribution in [2.45, 2.75) is 44.6 Å². The Morgan fingerprint density at radius 2 is 1.35 bits per heavy atom. The highest BCUT2D eigenvalue weighted by Crippen LogP contribution is 2.39. The number of rotatable bonds is 6. The Balaban J connectivity index is 2.57. The van der Waals surface area contributed by atoms with Gasteiger partial charge in [0.1, 0.15) is 0 Å². The van der Waals surface area contributed by atoms with Gasteiger partial charge in [-0.3, -0.25) is 0 Å². The maximum atomic E-state index is 6.48. The molecule has 0 fully saturated rings. The van der Waals surface area contributed by atoms with E-state index in [9.17, 15) is 0 Å². The Morgan fingerprint density at radius 3 is 1.70 bits per heavy atom. The molecule has 0 aliphatic heterocycles. The van der Waals surface area contributed by atoms with Gasteiger partial charge in [0.2, 0.25) is 0 Å². The Morgan fingerprint density at radius 1 is 0.900 bits per heavy atom. The average Bonchev–Trinajstić information content (AvgIpc) is 2.50. The first-order valence-corrected chi connectivity index (χ1v) is 7.58. The van der Waals surface area contributed by atoms with Crippen molar-refractivity contribution in [2.75, 3.05) is 0 Å². The van der Waals surface area contributed by atoms with Gasteiger partial charge in [0, 0.05) is 11.5 Å². The SMILES string of the molecule is CCCCC(c1ccccc1)(c1ccccc1)[C@H](C)N. The molecule has 0 radical (unpaired) electrons. The van der Waals surface area contributed by atoms with E-state index in [4.69, 9.17) is 5.73 Å². The molecule has 0 saturated carbocycles. The average molecular weight is 267 g/mol. The molecule has 2 N–H and O–H groups in total. The third-order valence-corrected chi connectivity index (χ3v) is 4.28. The number of unbranched alkanes of at least 4 members (excludes halogenated alkanes) is 1. The van der Waals surface area contributed by atoms with E-state index < -0.39 is 0 Å². The van der Waals surface area contributed by atoms with Crippen LogP contribution in [0.15, 0.2) is 60.7 Å². The molecule has 2 aromatic rings. The van der Waals surface area contributed by atoms with Crippen LogP contribution in [0.5, 0.6) is 0 Å². The minimum absolute atomic E-state index is 0.0823. The molecule has 0 unspecified atom stereocenters. The zero-order chi connectivity index (χ0) is 14.4. The summed E-state index contributed by atoms with van der Waals surface area (Å²) in [5.74, 6) is 0. The summed E-state index contributed by atoms with van der Waals surface area (Å²) in [4.78, 5) is 0. The predicted molar refractivity (Wildman–Crippen MR) is 86.8 cm³/mol. The van der Waals surface area contributed by atoms with E-state index in [2.05, 4.69) is 74.5 Å². The van der Waals surface area contributed by atoms with Gasteiger partial charge in [-0.05, 0) is 24.5 Å². The van der Waals surface area contributed by atoms with E-state index >= 15 is 0 Å². The monoisotopic (exact) mass is 267 g/mol. The lowest BCUT2D eigenvalue weighted by Crippen LogP contribution is -2.44. The van der Waals surface area contributed by atoms with Crippen LogP contribution in [0.3, 0.4) is 0 Å². The van der Waals surface area contributed by atoms with E-state index in [0.29, 0.717) is 0 Å². The normalized spacial score (nSPS) is 13.2. The van der Waals surface area contributed by atoms with Crippen molar-refractivity contribution in [3.63, 3.8) is 0 Å². The fraction of sp³-hybridized carbons (Fsp3) is 0.368. The highest BCUT2D eigenvalue weighted by molar-refractivity contribution is 5.41. The van der Waals surface area contributed by atoms with Crippen molar-refractivity contribution < 1.29 is 0 Å². The second-order valence-corrected chi connectivity index (χ2v) is 5.60. The molecule has 0 spiro atoms. The molecular formula is C19H25N. The summed E-state index contributed by atoms with van der Waals surface area (Å²) in [7, 11) is 0. The van der Waals surface area contributed by atoms with E-state index in [-0.39, 0.29) is 11.5 Å². The van der Waals surface area contributed by atoms with Crippen LogP contribution >= 0.6 is 0 Å². The first-order chi connectivity index (χ1) is 9.71. The van der Waals surface area contributed by atoms with Crippen LogP contribution in [0.1, 0.15) is 44.2 Å². The lowest BCUT2D eigenvalue weighted by atomic mass is 9.67. The highest BCUT2D eigenvalue weighted by Gasteiger charge is 2.37. The Labute approximate surface area is 122 Å². The maximum Gasteiger partial charge on any atom is 0.0351 e. The fourth-order valence-corrected chi connectivity index (χ4v) is 3.14. The van der Waals surface area contributed by atoms with Gasteiger partial charge in [0.25, 0.3) is 0 Å². The van der Waals surface area contributed by atoms with Gasteiger partial charge in [-0.2, -0.15) is 0 Å². The van der Waals surface area contributed by atoms with Gasteiger partial charge in [-0.1, -0.05) is 80.4 Å². The smallest absolute Gasteiger partial charge is 0.0351 e. The molecule has 0 amide bonds. The summed E-state index contributed by atoms with van der Waals surface area (Å²) in [5.41, 5.74) is 9.05. The molecule has 2 aromatic carbocycles. The molecule has 0 heterocycles. The Hall–Kier alpha value is -1.60. The summed E-state index contributed by atoms with van der Waals surface area (Å²) in [6, 6.07) is 21.5.